The lowest BCUT2D eigenvalue weighted by Gasteiger charge is -2.01. The number of carbonyl (C=O) groups excluding carboxylic acids is 1. The molecule has 2 aromatic rings. The van der Waals surface area contributed by atoms with E-state index >= 15 is 0 Å². The number of ether oxygens (including phenoxy) is 1. The first-order chi connectivity index (χ1) is 9.54. The Labute approximate surface area is 124 Å². The minimum Gasteiger partial charge on any atom is -0.508 e. The normalized spacial score (nSPS) is 15.3. The maximum absolute atomic E-state index is 12.3. The van der Waals surface area contributed by atoms with Crippen LogP contribution in [0.4, 0.5) is 0 Å². The van der Waals surface area contributed by atoms with Gasteiger partial charge in [0, 0.05) is 10.5 Å². The number of allylic oxidation sites excluding steroid dienone is 1. The molecule has 20 heavy (non-hydrogen) atoms. The number of halogens is 1. The summed E-state index contributed by atoms with van der Waals surface area (Å²) in [6, 6.07) is 10.6. The summed E-state index contributed by atoms with van der Waals surface area (Å²) in [5.41, 5.74) is 2.10. The third-order valence-electron chi connectivity index (χ3n) is 3.10. The molecule has 0 bridgehead atoms. The first kappa shape index (κ1) is 12.9. The number of hydrogen-bond acceptors (Lipinski definition) is 3. The maximum atomic E-state index is 12.3. The van der Waals surface area contributed by atoms with Crippen molar-refractivity contribution in [3.05, 3.63) is 63.3 Å². The van der Waals surface area contributed by atoms with Gasteiger partial charge in [-0.3, -0.25) is 4.79 Å². The van der Waals surface area contributed by atoms with E-state index < -0.39 is 0 Å². The number of phenolic OH excluding ortho intramolecular Hbond substituents is 1. The van der Waals surface area contributed by atoms with Crippen LogP contribution in [0.25, 0.3) is 6.08 Å². The highest BCUT2D eigenvalue weighted by molar-refractivity contribution is 9.10. The van der Waals surface area contributed by atoms with Gasteiger partial charge in [0.05, 0.1) is 5.56 Å². The van der Waals surface area contributed by atoms with Gasteiger partial charge in [0.25, 0.3) is 0 Å². The van der Waals surface area contributed by atoms with Crippen LogP contribution in [0, 0.1) is 6.92 Å². The summed E-state index contributed by atoms with van der Waals surface area (Å²) in [6.45, 7) is 1.78. The molecule has 0 spiro atoms. The second-order valence-corrected chi connectivity index (χ2v) is 5.55. The van der Waals surface area contributed by atoms with E-state index in [4.69, 9.17) is 4.74 Å². The molecule has 3 rings (SSSR count). The highest BCUT2D eigenvalue weighted by atomic mass is 79.9. The second-order valence-electron chi connectivity index (χ2n) is 4.63. The molecule has 0 aromatic heterocycles. The predicted molar refractivity (Wildman–Crippen MR) is 79.9 cm³/mol. The molecule has 2 aromatic carbocycles. The Kier molecular flexibility index (Phi) is 3.10. The van der Waals surface area contributed by atoms with Crippen LogP contribution in [0.1, 0.15) is 21.5 Å². The lowest BCUT2D eigenvalue weighted by Crippen LogP contribution is -1.99. The predicted octanol–water partition coefficient (Wildman–Crippen LogP) is 4.08. The number of phenols is 1. The van der Waals surface area contributed by atoms with Crippen molar-refractivity contribution in [3.63, 3.8) is 0 Å². The SMILES string of the molecule is Cc1cc(O)cc2c1C(=O)C(=Cc1cccc(Br)c1)O2. The summed E-state index contributed by atoms with van der Waals surface area (Å²) >= 11 is 3.39. The van der Waals surface area contributed by atoms with E-state index in [1.165, 1.54) is 6.07 Å². The standard InChI is InChI=1S/C16H11BrO3/c1-9-5-12(18)8-13-15(9)16(19)14(20-13)7-10-3-2-4-11(17)6-10/h2-8,18H,1H3. The first-order valence-corrected chi connectivity index (χ1v) is 6.87. The fourth-order valence-corrected chi connectivity index (χ4v) is 2.66. The highest BCUT2D eigenvalue weighted by Gasteiger charge is 2.29. The van der Waals surface area contributed by atoms with E-state index in [2.05, 4.69) is 15.9 Å². The zero-order valence-electron chi connectivity index (χ0n) is 10.7. The van der Waals surface area contributed by atoms with Crippen molar-refractivity contribution in [1.82, 2.24) is 0 Å². The van der Waals surface area contributed by atoms with E-state index in [1.807, 2.05) is 24.3 Å². The molecule has 0 atom stereocenters. The average molecular weight is 331 g/mol. The molecule has 0 aliphatic carbocycles. The molecule has 4 heteroatoms. The molecular formula is C16H11BrO3. The zero-order chi connectivity index (χ0) is 14.3. The summed E-state index contributed by atoms with van der Waals surface area (Å²) < 4.78 is 6.49. The zero-order valence-corrected chi connectivity index (χ0v) is 12.3. The molecule has 0 fully saturated rings. The van der Waals surface area contributed by atoms with Crippen molar-refractivity contribution < 1.29 is 14.6 Å². The molecule has 1 aliphatic heterocycles. The van der Waals surface area contributed by atoms with Crippen LogP contribution in [0.5, 0.6) is 11.5 Å². The maximum Gasteiger partial charge on any atom is 0.232 e. The van der Waals surface area contributed by atoms with E-state index in [0.29, 0.717) is 16.9 Å². The largest absolute Gasteiger partial charge is 0.508 e. The van der Waals surface area contributed by atoms with E-state index in [9.17, 15) is 9.90 Å². The quantitative estimate of drug-likeness (QED) is 0.801. The second kappa shape index (κ2) is 4.80. The summed E-state index contributed by atoms with van der Waals surface area (Å²) in [7, 11) is 0. The Morgan fingerprint density at radius 2 is 2.05 bits per heavy atom. The minimum atomic E-state index is -0.155. The first-order valence-electron chi connectivity index (χ1n) is 6.08. The van der Waals surface area contributed by atoms with Gasteiger partial charge in [-0.05, 0) is 42.3 Å². The number of rotatable bonds is 1. The van der Waals surface area contributed by atoms with Gasteiger partial charge >= 0.3 is 0 Å². The number of hydrogen-bond donors (Lipinski definition) is 1. The molecule has 0 radical (unpaired) electrons. The van der Waals surface area contributed by atoms with Crippen LogP contribution in [0.2, 0.25) is 0 Å². The van der Waals surface area contributed by atoms with Crippen LogP contribution in [-0.2, 0) is 0 Å². The Bertz CT molecular complexity index is 747. The fourth-order valence-electron chi connectivity index (χ4n) is 2.24. The molecule has 0 saturated heterocycles. The third-order valence-corrected chi connectivity index (χ3v) is 3.59. The molecule has 3 nitrogen and oxygen atoms in total. The molecule has 0 amide bonds. The van der Waals surface area contributed by atoms with Crippen LogP contribution >= 0.6 is 15.9 Å². The Balaban J connectivity index is 2.04. The summed E-state index contributed by atoms with van der Waals surface area (Å²) in [4.78, 5) is 12.3. The van der Waals surface area contributed by atoms with Gasteiger partial charge in [-0.15, -0.1) is 0 Å². The number of fused-ring (bicyclic) bond motifs is 1. The van der Waals surface area contributed by atoms with Gasteiger partial charge < -0.3 is 9.84 Å². The fraction of sp³-hybridized carbons (Fsp3) is 0.0625. The van der Waals surface area contributed by atoms with E-state index in [-0.39, 0.29) is 17.3 Å². The van der Waals surface area contributed by atoms with Crippen molar-refractivity contribution in [2.24, 2.45) is 0 Å². The third kappa shape index (κ3) is 2.23. The number of ketones is 1. The lowest BCUT2D eigenvalue weighted by molar-refractivity contribution is 0.101. The van der Waals surface area contributed by atoms with Gasteiger partial charge in [0.15, 0.2) is 5.76 Å². The van der Waals surface area contributed by atoms with E-state index in [1.54, 1.807) is 19.1 Å². The summed E-state index contributed by atoms with van der Waals surface area (Å²) in [5, 5.41) is 9.56. The number of benzene rings is 2. The van der Waals surface area contributed by atoms with Gasteiger partial charge in [-0.2, -0.15) is 0 Å². The molecule has 1 N–H and O–H groups in total. The minimum absolute atomic E-state index is 0.0951. The molecule has 1 heterocycles. The van der Waals surface area contributed by atoms with Crippen LogP contribution in [-0.4, -0.2) is 10.9 Å². The monoisotopic (exact) mass is 330 g/mol. The Morgan fingerprint density at radius 3 is 2.80 bits per heavy atom. The summed E-state index contributed by atoms with van der Waals surface area (Å²) in [6.07, 6.45) is 1.70. The lowest BCUT2D eigenvalue weighted by atomic mass is 10.0. The number of aryl methyl sites for hydroxylation is 1. The van der Waals surface area contributed by atoms with E-state index in [0.717, 1.165) is 10.0 Å². The van der Waals surface area contributed by atoms with Crippen molar-refractivity contribution in [1.29, 1.82) is 0 Å². The van der Waals surface area contributed by atoms with Crippen LogP contribution in [0.15, 0.2) is 46.6 Å². The number of Topliss-reactive ketones (excluding diaryl/α,β-unsaturated/α-hetero) is 1. The molecule has 1 aliphatic rings. The van der Waals surface area contributed by atoms with Gasteiger partial charge in [0.1, 0.15) is 11.5 Å². The van der Waals surface area contributed by atoms with Gasteiger partial charge in [-0.1, -0.05) is 28.1 Å². The van der Waals surface area contributed by atoms with Crippen molar-refractivity contribution in [2.45, 2.75) is 6.92 Å². The highest BCUT2D eigenvalue weighted by Crippen LogP contribution is 2.37. The number of carbonyl (C=O) groups is 1. The molecule has 0 unspecified atom stereocenters. The molecular weight excluding hydrogens is 320 g/mol. The topological polar surface area (TPSA) is 46.5 Å². The molecule has 100 valence electrons. The molecule has 0 saturated carbocycles. The van der Waals surface area contributed by atoms with Crippen molar-refractivity contribution in [3.8, 4) is 11.5 Å². The van der Waals surface area contributed by atoms with Crippen molar-refractivity contribution >= 4 is 27.8 Å². The number of aromatic hydroxyl groups is 1. The van der Waals surface area contributed by atoms with Crippen molar-refractivity contribution in [2.75, 3.05) is 0 Å². The Hall–Kier alpha value is -2.07. The van der Waals surface area contributed by atoms with Crippen LogP contribution in [0.3, 0.4) is 0 Å². The smallest absolute Gasteiger partial charge is 0.232 e. The summed E-state index contributed by atoms with van der Waals surface area (Å²) in [5.74, 6) is 0.621. The average Bonchev–Trinajstić information content (AvgIpc) is 2.66. The van der Waals surface area contributed by atoms with Gasteiger partial charge in [0.2, 0.25) is 5.78 Å². The van der Waals surface area contributed by atoms with Gasteiger partial charge in [-0.25, -0.2) is 0 Å². The Morgan fingerprint density at radius 1 is 1.25 bits per heavy atom. The van der Waals surface area contributed by atoms with Crippen LogP contribution < -0.4 is 4.74 Å².